The third-order valence-corrected chi connectivity index (χ3v) is 2.32. The number of benzene rings is 1. The zero-order chi connectivity index (χ0) is 12.4. The Morgan fingerprint density at radius 1 is 1.24 bits per heavy atom. The van der Waals surface area contributed by atoms with Gasteiger partial charge in [0.25, 0.3) is 0 Å². The van der Waals surface area contributed by atoms with E-state index in [1.54, 1.807) is 24.3 Å². The van der Waals surface area contributed by atoms with Gasteiger partial charge in [-0.2, -0.15) is 0 Å². The number of hydrogen-bond donors (Lipinski definition) is 1. The second kappa shape index (κ2) is 4.47. The lowest BCUT2D eigenvalue weighted by Crippen LogP contribution is -2.00. The Kier molecular flexibility index (Phi) is 3.01. The summed E-state index contributed by atoms with van der Waals surface area (Å²) in [6, 6.07) is 6.44. The molecule has 0 spiro atoms. The number of carboxylic acid groups (broad SMARTS) is 1. The van der Waals surface area contributed by atoms with E-state index in [1.807, 2.05) is 0 Å². The number of carboxylic acids is 1. The predicted molar refractivity (Wildman–Crippen MR) is 59.0 cm³/mol. The highest BCUT2D eigenvalue weighted by molar-refractivity contribution is 6.30. The number of hydrogen-bond acceptors (Lipinski definition) is 4. The van der Waals surface area contributed by atoms with Gasteiger partial charge in [-0.25, -0.2) is 4.79 Å². The maximum absolute atomic E-state index is 11.0. The molecule has 1 aromatic carbocycles. The van der Waals surface area contributed by atoms with Crippen molar-refractivity contribution in [3.05, 3.63) is 45.7 Å². The van der Waals surface area contributed by atoms with E-state index in [-0.39, 0.29) is 11.5 Å². The lowest BCUT2D eigenvalue weighted by molar-refractivity contribution is -0.136. The zero-order valence-corrected chi connectivity index (χ0v) is 9.23. The smallest absolute Gasteiger partial charge is 0.481 e. The van der Waals surface area contributed by atoms with Gasteiger partial charge in [0.05, 0.1) is 0 Å². The fourth-order valence-corrected chi connectivity index (χ4v) is 1.51. The number of carbonyl (C=O) groups is 1. The summed E-state index contributed by atoms with van der Waals surface area (Å²) < 4.78 is 9.49. The van der Waals surface area contributed by atoms with Crippen LogP contribution in [0.25, 0.3) is 11.3 Å². The molecule has 1 aromatic heterocycles. The van der Waals surface area contributed by atoms with E-state index < -0.39 is 18.2 Å². The van der Waals surface area contributed by atoms with E-state index in [2.05, 4.69) is 4.42 Å². The molecule has 0 atom stereocenters. The first-order chi connectivity index (χ1) is 8.06. The molecular weight excluding hydrogens is 248 g/mol. The maximum atomic E-state index is 11.0. The Morgan fingerprint density at radius 2 is 1.88 bits per heavy atom. The van der Waals surface area contributed by atoms with Gasteiger partial charge in [-0.1, -0.05) is 11.6 Å². The molecule has 0 bridgehead atoms. The van der Waals surface area contributed by atoms with Crippen LogP contribution in [-0.4, -0.2) is 11.1 Å². The van der Waals surface area contributed by atoms with E-state index in [4.69, 9.17) is 21.1 Å². The largest absolute Gasteiger partial charge is 0.519 e. The fraction of sp³-hybridized carbons (Fsp3) is 0.0909. The van der Waals surface area contributed by atoms with Gasteiger partial charge < -0.3 is 13.9 Å². The zero-order valence-electron chi connectivity index (χ0n) is 8.47. The second-order valence-electron chi connectivity index (χ2n) is 3.28. The van der Waals surface area contributed by atoms with E-state index >= 15 is 0 Å². The first-order valence-electron chi connectivity index (χ1n) is 4.67. The lowest BCUT2D eigenvalue weighted by atomic mass is 10.1. The molecule has 0 saturated carbocycles. The van der Waals surface area contributed by atoms with Crippen LogP contribution in [0.3, 0.4) is 0 Å². The van der Waals surface area contributed by atoms with Crippen molar-refractivity contribution < 1.29 is 18.7 Å². The molecule has 1 N–H and O–H groups in total. The summed E-state index contributed by atoms with van der Waals surface area (Å²) in [7, 11) is 0. The minimum Gasteiger partial charge on any atom is -0.481 e. The Balaban J connectivity index is 2.47. The van der Waals surface area contributed by atoms with Gasteiger partial charge in [0, 0.05) is 10.6 Å². The Bertz CT molecular complexity index is 593. The van der Waals surface area contributed by atoms with Crippen LogP contribution in [0.4, 0.5) is 0 Å². The molecule has 0 amide bonds. The van der Waals surface area contributed by atoms with Gasteiger partial charge in [0.1, 0.15) is 6.42 Å². The normalized spacial score (nSPS) is 10.4. The van der Waals surface area contributed by atoms with Crippen LogP contribution in [0.15, 0.2) is 37.9 Å². The molecule has 2 rings (SSSR count). The molecule has 0 unspecified atom stereocenters. The standard InChI is InChI=1S/C11H7ClO5/c12-7-3-1-6(2-4-7)10-8(5-9(13)14)16-11(15)17-10/h1-4H,5H2,(H,13,14). The summed E-state index contributed by atoms with van der Waals surface area (Å²) in [6.07, 6.45) is -0.413. The summed E-state index contributed by atoms with van der Waals surface area (Å²) in [6.45, 7) is 0. The highest BCUT2D eigenvalue weighted by Gasteiger charge is 2.17. The Labute approximate surface area is 100 Å². The van der Waals surface area contributed by atoms with E-state index in [0.717, 1.165) is 0 Å². The van der Waals surface area contributed by atoms with E-state index in [0.29, 0.717) is 10.6 Å². The van der Waals surface area contributed by atoms with Gasteiger partial charge in [-0.3, -0.25) is 4.79 Å². The van der Waals surface area contributed by atoms with Gasteiger partial charge in [-0.15, -0.1) is 0 Å². The maximum Gasteiger partial charge on any atom is 0.519 e. The van der Waals surface area contributed by atoms with Crippen LogP contribution >= 0.6 is 11.6 Å². The van der Waals surface area contributed by atoms with Crippen molar-refractivity contribution >= 4 is 17.6 Å². The molecule has 0 fully saturated rings. The van der Waals surface area contributed by atoms with Crippen molar-refractivity contribution in [2.45, 2.75) is 6.42 Å². The molecule has 0 aliphatic carbocycles. The highest BCUT2D eigenvalue weighted by Crippen LogP contribution is 2.24. The first-order valence-corrected chi connectivity index (χ1v) is 5.04. The summed E-state index contributed by atoms with van der Waals surface area (Å²) in [5.41, 5.74) is 0.538. The van der Waals surface area contributed by atoms with Crippen LogP contribution < -0.4 is 5.82 Å². The molecule has 1 heterocycles. The fourth-order valence-electron chi connectivity index (χ4n) is 1.38. The van der Waals surface area contributed by atoms with Crippen molar-refractivity contribution in [3.63, 3.8) is 0 Å². The topological polar surface area (TPSA) is 80.6 Å². The molecular formula is C11H7ClO5. The van der Waals surface area contributed by atoms with E-state index in [1.165, 1.54) is 0 Å². The minimum atomic E-state index is -1.11. The Hall–Kier alpha value is -2.01. The van der Waals surface area contributed by atoms with Crippen molar-refractivity contribution in [1.29, 1.82) is 0 Å². The molecule has 2 aromatic rings. The predicted octanol–water partition coefficient (Wildman–Crippen LogP) is 2.18. The molecule has 6 heteroatoms. The molecule has 0 radical (unpaired) electrons. The quantitative estimate of drug-likeness (QED) is 0.908. The van der Waals surface area contributed by atoms with Gasteiger partial charge in [0.15, 0.2) is 11.5 Å². The number of halogens is 1. The number of aliphatic carboxylic acids is 1. The van der Waals surface area contributed by atoms with Crippen molar-refractivity contribution in [3.8, 4) is 11.3 Å². The van der Waals surface area contributed by atoms with Crippen LogP contribution in [0.5, 0.6) is 0 Å². The van der Waals surface area contributed by atoms with Crippen molar-refractivity contribution in [2.24, 2.45) is 0 Å². The molecule has 17 heavy (non-hydrogen) atoms. The third-order valence-electron chi connectivity index (χ3n) is 2.06. The van der Waals surface area contributed by atoms with Crippen LogP contribution in [-0.2, 0) is 11.2 Å². The van der Waals surface area contributed by atoms with Crippen molar-refractivity contribution in [1.82, 2.24) is 0 Å². The summed E-state index contributed by atoms with van der Waals surface area (Å²) in [4.78, 5) is 21.6. The van der Waals surface area contributed by atoms with Gasteiger partial charge in [-0.05, 0) is 24.3 Å². The van der Waals surface area contributed by atoms with Gasteiger partial charge >= 0.3 is 11.8 Å². The van der Waals surface area contributed by atoms with Crippen LogP contribution in [0, 0.1) is 0 Å². The second-order valence-corrected chi connectivity index (χ2v) is 3.72. The monoisotopic (exact) mass is 254 g/mol. The van der Waals surface area contributed by atoms with Gasteiger partial charge in [0.2, 0.25) is 0 Å². The average molecular weight is 255 g/mol. The van der Waals surface area contributed by atoms with E-state index in [9.17, 15) is 9.59 Å². The van der Waals surface area contributed by atoms with Crippen LogP contribution in [0.2, 0.25) is 5.02 Å². The molecule has 88 valence electrons. The lowest BCUT2D eigenvalue weighted by Gasteiger charge is -1.97. The molecule has 0 saturated heterocycles. The SMILES string of the molecule is O=C(O)Cc1oc(=O)oc1-c1ccc(Cl)cc1. The summed E-state index contributed by atoms with van der Waals surface area (Å²) >= 11 is 5.72. The highest BCUT2D eigenvalue weighted by atomic mass is 35.5. The van der Waals surface area contributed by atoms with Crippen LogP contribution in [0.1, 0.15) is 5.76 Å². The third kappa shape index (κ3) is 2.57. The molecule has 0 aliphatic rings. The van der Waals surface area contributed by atoms with Crippen molar-refractivity contribution in [2.75, 3.05) is 0 Å². The Morgan fingerprint density at radius 3 is 2.47 bits per heavy atom. The number of rotatable bonds is 3. The first kappa shape index (κ1) is 11.5. The summed E-state index contributed by atoms with van der Waals surface area (Å²) in [5.74, 6) is -1.92. The average Bonchev–Trinajstić information content (AvgIpc) is 2.59. The molecule has 5 nitrogen and oxygen atoms in total. The summed E-state index contributed by atoms with van der Waals surface area (Å²) in [5, 5.41) is 9.19. The minimum absolute atomic E-state index is 0.00942. The molecule has 0 aliphatic heterocycles.